The minimum Gasteiger partial charge on any atom is -0.481 e. The van der Waals surface area contributed by atoms with Gasteiger partial charge < -0.3 is 203 Å². The predicted octanol–water partition coefficient (Wildman–Crippen LogP) is -9.98. The average Bonchev–Trinajstić information content (AvgIpc) is 0.771. The van der Waals surface area contributed by atoms with E-state index in [9.17, 15) is 137 Å². The average molecular weight is 1910 g/mol. The van der Waals surface area contributed by atoms with Crippen LogP contribution in [0.3, 0.4) is 0 Å². The summed E-state index contributed by atoms with van der Waals surface area (Å²) in [4.78, 5) is 46.5. The Labute approximate surface area is 726 Å². The van der Waals surface area contributed by atoms with E-state index in [2.05, 4.69) is 0 Å². The quantitative estimate of drug-likeness (QED) is 0.0155. The van der Waals surface area contributed by atoms with E-state index in [1.807, 2.05) is 0 Å². The van der Waals surface area contributed by atoms with Crippen molar-refractivity contribution in [3.05, 3.63) is 0 Å². The van der Waals surface area contributed by atoms with Crippen LogP contribution >= 0.6 is 94.1 Å². The number of carboxylic acid groups (broad SMARTS) is 3. The number of aliphatic hydroxyl groups is 20. The van der Waals surface area contributed by atoms with Crippen molar-refractivity contribution in [2.45, 2.75) is 265 Å². The van der Waals surface area contributed by atoms with Gasteiger partial charge in [-0.05, 0) is 0 Å². The Balaban J connectivity index is 1.10. The molecule has 30 rings (SSSR count). The van der Waals surface area contributed by atoms with Crippen molar-refractivity contribution in [1.82, 2.24) is 0 Å². The van der Waals surface area contributed by atoms with Crippen LogP contribution in [0, 0.1) is 0 Å². The van der Waals surface area contributed by atoms with Gasteiger partial charge in [0.25, 0.3) is 6.47 Å². The SMILES string of the molecule is O=COCCSCC1OC2OC3C(CSCCO)OC(OC4C(CSCCO)OC(OC5C(CSCOCO)OC(OC6C(CSCCO)OC(OC7C(CSCCC(=O)O)OC(OC8C(CSCCC(=O)O)OC(OC9C(CSCCC(=O)O)OC(OC1C(O)C2O)C(O)C9O)C(O)C8O)C(O)C7O)C(O)C6O)C(O)C5O)C(O)C4O)C(O)C3O. The molecule has 45 nitrogen and oxygen atoms in total. The number of aliphatic carboxylic acids is 3. The van der Waals surface area contributed by atoms with Crippen LogP contribution in [-0.2, 0) is 104 Å². The minimum absolute atomic E-state index is 0.0222. The number of rotatable bonds is 38. The first-order chi connectivity index (χ1) is 58.0. The molecule has 0 saturated carbocycles. The largest absolute Gasteiger partial charge is 0.481 e. The molecule has 0 spiro atoms. The molecule has 702 valence electrons. The van der Waals surface area contributed by atoms with Gasteiger partial charge in [0.2, 0.25) is 0 Å². The summed E-state index contributed by atoms with van der Waals surface area (Å²) in [5.74, 6) is -6.24. The van der Waals surface area contributed by atoms with Crippen molar-refractivity contribution < 1.29 is 222 Å². The summed E-state index contributed by atoms with van der Waals surface area (Å²) >= 11 is 7.83. The number of carboxylic acids is 3. The molecule has 0 aromatic carbocycles. The Morgan fingerprint density at radius 1 is 0.256 bits per heavy atom. The third-order valence-electron chi connectivity index (χ3n) is 20.5. The topological polar surface area (TPSA) is 700 Å². The zero-order valence-electron chi connectivity index (χ0n) is 64.7. The second kappa shape index (κ2) is 51.9. The number of carbonyl (C=O) groups is 4. The highest BCUT2D eigenvalue weighted by Gasteiger charge is 2.61. The van der Waals surface area contributed by atoms with Gasteiger partial charge in [-0.3, -0.25) is 19.2 Å². The van der Waals surface area contributed by atoms with Crippen molar-refractivity contribution in [2.24, 2.45) is 0 Å². The molecule has 40 atom stereocenters. The van der Waals surface area contributed by atoms with E-state index in [1.165, 1.54) is 0 Å². The summed E-state index contributed by atoms with van der Waals surface area (Å²) in [6.07, 6.45) is -79.2. The van der Waals surface area contributed by atoms with Gasteiger partial charge in [0.1, 0.15) is 160 Å². The van der Waals surface area contributed by atoms with Crippen molar-refractivity contribution in [3.8, 4) is 0 Å². The maximum atomic E-state index is 12.3. The molecule has 30 fully saturated rings. The molecule has 0 aromatic rings. The Kier molecular flexibility index (Phi) is 44.5. The van der Waals surface area contributed by atoms with E-state index in [1.54, 1.807) is 0 Å². The molecule has 23 N–H and O–H groups in total. The number of aliphatic hydroxyl groups excluding tert-OH is 20. The molecule has 30 saturated heterocycles. The Bertz CT molecular complexity index is 3030. The molecule has 30 heterocycles. The second-order valence-electron chi connectivity index (χ2n) is 28.9. The first-order valence-electron chi connectivity index (χ1n) is 38.7. The van der Waals surface area contributed by atoms with E-state index in [0.29, 0.717) is 0 Å². The summed E-state index contributed by atoms with van der Waals surface area (Å²) in [6, 6.07) is 0. The molecule has 121 heavy (non-hydrogen) atoms. The van der Waals surface area contributed by atoms with E-state index in [-0.39, 0.29) is 112 Å². The van der Waals surface area contributed by atoms with Gasteiger partial charge in [-0.25, -0.2) is 0 Å². The Morgan fingerprint density at radius 3 is 0.612 bits per heavy atom. The summed E-state index contributed by atoms with van der Waals surface area (Å²) in [5, 5.41) is 262. The lowest BCUT2D eigenvalue weighted by atomic mass is 9.95. The summed E-state index contributed by atoms with van der Waals surface area (Å²) in [5.41, 5.74) is 0. The predicted molar refractivity (Wildman–Crippen MR) is 421 cm³/mol. The maximum absolute atomic E-state index is 12.3. The fourth-order valence-corrected chi connectivity index (χ4v) is 21.3. The zero-order valence-corrected chi connectivity index (χ0v) is 71.2. The van der Waals surface area contributed by atoms with Crippen LogP contribution in [0.4, 0.5) is 0 Å². The molecule has 0 aromatic heterocycles. The van der Waals surface area contributed by atoms with Crippen molar-refractivity contribution in [3.63, 3.8) is 0 Å². The molecule has 30 aliphatic rings. The summed E-state index contributed by atoms with van der Waals surface area (Å²) in [7, 11) is 0. The lowest BCUT2D eigenvalue weighted by Gasteiger charge is -2.51. The van der Waals surface area contributed by atoms with Crippen molar-refractivity contribution >= 4 is 118 Å². The van der Waals surface area contributed by atoms with Crippen LogP contribution in [-0.4, -0.2) is 513 Å². The molecule has 30 aliphatic heterocycles. The number of hydrogen-bond acceptors (Lipinski definition) is 50. The number of thioether (sulfide) groups is 8. The Morgan fingerprint density at radius 2 is 0.438 bits per heavy atom. The fourth-order valence-electron chi connectivity index (χ4n) is 14.3. The minimum atomic E-state index is -2.27. The van der Waals surface area contributed by atoms with Crippen LogP contribution in [0.5, 0.6) is 0 Å². The molecule has 0 radical (unpaired) electrons. The van der Waals surface area contributed by atoms with Gasteiger partial charge in [-0.1, -0.05) is 0 Å². The van der Waals surface area contributed by atoms with E-state index >= 15 is 0 Å². The second-order valence-corrected chi connectivity index (χ2v) is 37.9. The normalized spacial score (nSPS) is 43.3. The highest BCUT2D eigenvalue weighted by molar-refractivity contribution is 8.00. The van der Waals surface area contributed by atoms with Crippen LogP contribution in [0.15, 0.2) is 0 Å². The van der Waals surface area contributed by atoms with E-state index < -0.39 is 303 Å². The summed E-state index contributed by atoms with van der Waals surface area (Å²) < 4.78 is 111. The first-order valence-corrected chi connectivity index (χ1v) is 47.9. The highest BCUT2D eigenvalue weighted by atomic mass is 32.2. The molecule has 0 amide bonds. The highest BCUT2D eigenvalue weighted by Crippen LogP contribution is 2.43. The third-order valence-corrected chi connectivity index (χ3v) is 28.7. The molecule has 0 aliphatic carbocycles. The van der Waals surface area contributed by atoms with Crippen LogP contribution in [0.1, 0.15) is 19.3 Å². The van der Waals surface area contributed by atoms with Crippen molar-refractivity contribution in [1.29, 1.82) is 0 Å². The molecular formula is C68H112O45S8. The lowest BCUT2D eigenvalue weighted by molar-refractivity contribution is -0.396. The molecular weight excluding hydrogens is 1790 g/mol. The monoisotopic (exact) mass is 1900 g/mol. The molecule has 53 heteroatoms. The van der Waals surface area contributed by atoms with Crippen LogP contribution < -0.4 is 0 Å². The number of hydrogen-bond donors (Lipinski definition) is 23. The first kappa shape index (κ1) is 104. The van der Waals surface area contributed by atoms with Gasteiger partial charge in [0, 0.05) is 86.3 Å². The third kappa shape index (κ3) is 28.4. The van der Waals surface area contributed by atoms with Gasteiger partial charge in [-0.2, -0.15) is 82.3 Å². The standard InChI is InChI=1S/C68H112O45S8/c69-4-11-117-18-29-57-40(83)49(92)65(102-29)109-56-30(19-118-12-5-70)103-66(50(93)42(56)85)113-60-33(22-121-25-97-24-73)105-68(52(95)44(60)87)111-58-31(20-119-13-6-71)101-64(48(91)41(58)84)108-55-28(17-116-10-3-36(78)79)99-62(46(89)38(55)81)106-53-26(15-114-8-1-34(74)75)98-61(45(88)37(53)80)107-54-27(16-115-9-2-35(76)77)100-63(47(90)39(54)82)112-59-32(21-120-14-7-96-23-72)104-67(110-57)51(94)43(59)86/h23,26-33,37-71,73,80-95H,1-22,24-25H2,(H,74,75)(H,76,77)(H,78,79). The molecule has 16 bridgehead atoms. The van der Waals surface area contributed by atoms with Crippen LogP contribution in [0.25, 0.3) is 0 Å². The molecule has 40 unspecified atom stereocenters. The van der Waals surface area contributed by atoms with E-state index in [0.717, 1.165) is 94.1 Å². The van der Waals surface area contributed by atoms with Crippen LogP contribution in [0.2, 0.25) is 0 Å². The van der Waals surface area contributed by atoms with Gasteiger partial charge in [0.15, 0.2) is 50.3 Å². The number of carbonyl (C=O) groups excluding carboxylic acids is 1. The lowest BCUT2D eigenvalue weighted by Crippen LogP contribution is -2.69. The zero-order chi connectivity index (χ0) is 87.9. The van der Waals surface area contributed by atoms with Gasteiger partial charge in [-0.15, -0.1) is 11.8 Å². The summed E-state index contributed by atoms with van der Waals surface area (Å²) in [6.45, 7) is -1.92. The van der Waals surface area contributed by atoms with E-state index in [4.69, 9.17) is 85.3 Å². The van der Waals surface area contributed by atoms with Gasteiger partial charge >= 0.3 is 17.9 Å². The Hall–Kier alpha value is -0.800. The fraction of sp³-hybridized carbons (Fsp3) is 0.941. The maximum Gasteiger partial charge on any atom is 0.304 e. The van der Waals surface area contributed by atoms with Gasteiger partial charge in [0.05, 0.1) is 93.9 Å². The van der Waals surface area contributed by atoms with Crippen molar-refractivity contribution in [2.75, 3.05) is 125 Å². The smallest absolute Gasteiger partial charge is 0.304 e. The number of ether oxygens (including phenoxy) is 18.